The Balaban J connectivity index is 1.72. The zero-order valence-electron chi connectivity index (χ0n) is 14.5. The molecule has 0 aliphatic rings. The molecule has 0 saturated heterocycles. The molecule has 0 aliphatic carbocycles. The second kappa shape index (κ2) is 7.21. The number of amides is 1. The lowest BCUT2D eigenvalue weighted by Gasteiger charge is -2.04. The Morgan fingerprint density at radius 1 is 1.08 bits per heavy atom. The Bertz CT molecular complexity index is 865. The van der Waals surface area contributed by atoms with Gasteiger partial charge in [-0.15, -0.1) is 0 Å². The van der Waals surface area contributed by atoms with Crippen LogP contribution in [0.2, 0.25) is 0 Å². The summed E-state index contributed by atoms with van der Waals surface area (Å²) in [5, 5.41) is 2.88. The van der Waals surface area contributed by atoms with Crippen molar-refractivity contribution in [3.8, 4) is 17.2 Å². The number of nitrogens with one attached hydrogen (secondary N) is 1. The maximum Gasteiger partial charge on any atom is 0.273 e. The van der Waals surface area contributed by atoms with E-state index in [1.165, 1.54) is 5.56 Å². The Hall–Kier alpha value is -3.08. The number of carbonyl (C=O) groups is 1. The molecule has 0 bridgehead atoms. The second-order valence-corrected chi connectivity index (χ2v) is 5.82. The normalized spacial score (nSPS) is 10.5. The predicted octanol–water partition coefficient (Wildman–Crippen LogP) is 3.90. The average molecular weight is 336 g/mol. The average Bonchev–Trinajstić information content (AvgIpc) is 3.03. The molecule has 5 nitrogen and oxygen atoms in total. The minimum atomic E-state index is -0.249. The first kappa shape index (κ1) is 16.8. The number of carbonyl (C=O) groups excluding carboxylic acids is 1. The molecule has 0 saturated carbocycles. The molecule has 1 aromatic heterocycles. The van der Waals surface area contributed by atoms with E-state index in [9.17, 15) is 4.79 Å². The van der Waals surface area contributed by atoms with Gasteiger partial charge in [0.1, 0.15) is 11.5 Å². The quantitative estimate of drug-likeness (QED) is 0.767. The third-order valence-corrected chi connectivity index (χ3v) is 3.92. The fourth-order valence-electron chi connectivity index (χ4n) is 2.44. The lowest BCUT2D eigenvalue weighted by molar-refractivity contribution is 0.0945. The van der Waals surface area contributed by atoms with Gasteiger partial charge in [-0.2, -0.15) is 0 Å². The third-order valence-electron chi connectivity index (χ3n) is 3.92. The van der Waals surface area contributed by atoms with Crippen LogP contribution in [0, 0.1) is 13.8 Å². The molecule has 1 N–H and O–H groups in total. The highest BCUT2D eigenvalue weighted by Crippen LogP contribution is 2.24. The van der Waals surface area contributed by atoms with Crippen molar-refractivity contribution in [2.75, 3.05) is 7.11 Å². The SMILES string of the molecule is COc1ccc(-c2nc(C(=O)NCc3ccc(C)cc3)c(C)o2)cc1. The lowest BCUT2D eigenvalue weighted by atomic mass is 10.1. The molecule has 5 heteroatoms. The highest BCUT2D eigenvalue weighted by atomic mass is 16.5. The van der Waals surface area contributed by atoms with Gasteiger partial charge in [0.25, 0.3) is 5.91 Å². The molecule has 0 radical (unpaired) electrons. The van der Waals surface area contributed by atoms with E-state index in [-0.39, 0.29) is 5.91 Å². The smallest absolute Gasteiger partial charge is 0.273 e. The summed E-state index contributed by atoms with van der Waals surface area (Å²) in [4.78, 5) is 16.7. The van der Waals surface area contributed by atoms with Crippen molar-refractivity contribution in [3.63, 3.8) is 0 Å². The molecular formula is C20H20N2O3. The van der Waals surface area contributed by atoms with Gasteiger partial charge in [-0.05, 0) is 43.7 Å². The van der Waals surface area contributed by atoms with Gasteiger partial charge in [-0.1, -0.05) is 29.8 Å². The molecule has 1 heterocycles. The standard InChI is InChI=1S/C20H20N2O3/c1-13-4-6-15(7-5-13)12-21-19(23)18-14(2)25-20(22-18)16-8-10-17(24-3)11-9-16/h4-11H,12H2,1-3H3,(H,21,23). The Morgan fingerprint density at radius 3 is 2.40 bits per heavy atom. The zero-order chi connectivity index (χ0) is 17.8. The maximum atomic E-state index is 12.4. The number of aromatic nitrogens is 1. The monoisotopic (exact) mass is 336 g/mol. The van der Waals surface area contributed by atoms with Gasteiger partial charge in [0, 0.05) is 12.1 Å². The summed E-state index contributed by atoms with van der Waals surface area (Å²) in [5.74, 6) is 1.41. The first-order valence-electron chi connectivity index (χ1n) is 8.02. The van der Waals surface area contributed by atoms with Crippen LogP contribution in [0.1, 0.15) is 27.4 Å². The molecule has 25 heavy (non-hydrogen) atoms. The molecule has 1 amide bonds. The zero-order valence-corrected chi connectivity index (χ0v) is 14.5. The van der Waals surface area contributed by atoms with Gasteiger partial charge in [-0.25, -0.2) is 4.98 Å². The van der Waals surface area contributed by atoms with Gasteiger partial charge in [-0.3, -0.25) is 4.79 Å². The number of hydrogen-bond acceptors (Lipinski definition) is 4. The number of oxazole rings is 1. The van der Waals surface area contributed by atoms with Crippen LogP contribution in [-0.2, 0) is 6.54 Å². The van der Waals surface area contributed by atoms with Crippen LogP contribution in [0.5, 0.6) is 5.75 Å². The summed E-state index contributed by atoms with van der Waals surface area (Å²) in [7, 11) is 1.61. The fraction of sp³-hybridized carbons (Fsp3) is 0.200. The molecule has 2 aromatic carbocycles. The predicted molar refractivity (Wildman–Crippen MR) is 95.6 cm³/mol. The van der Waals surface area contributed by atoms with Crippen LogP contribution >= 0.6 is 0 Å². The topological polar surface area (TPSA) is 64.4 Å². The van der Waals surface area contributed by atoms with E-state index in [2.05, 4.69) is 10.3 Å². The minimum absolute atomic E-state index is 0.249. The molecule has 0 spiro atoms. The Morgan fingerprint density at radius 2 is 1.76 bits per heavy atom. The summed E-state index contributed by atoms with van der Waals surface area (Å²) in [6.07, 6.45) is 0. The summed E-state index contributed by atoms with van der Waals surface area (Å²) < 4.78 is 10.8. The summed E-state index contributed by atoms with van der Waals surface area (Å²) >= 11 is 0. The van der Waals surface area contributed by atoms with Crippen molar-refractivity contribution in [3.05, 3.63) is 71.1 Å². The molecule has 0 atom stereocenters. The highest BCUT2D eigenvalue weighted by molar-refractivity contribution is 5.93. The molecule has 0 aliphatic heterocycles. The Labute approximate surface area is 146 Å². The largest absolute Gasteiger partial charge is 0.497 e. The molecule has 3 rings (SSSR count). The van der Waals surface area contributed by atoms with Gasteiger partial charge in [0.2, 0.25) is 5.89 Å². The molecule has 0 unspecified atom stereocenters. The van der Waals surface area contributed by atoms with E-state index >= 15 is 0 Å². The van der Waals surface area contributed by atoms with E-state index < -0.39 is 0 Å². The molecule has 128 valence electrons. The highest BCUT2D eigenvalue weighted by Gasteiger charge is 2.18. The van der Waals surface area contributed by atoms with Gasteiger partial charge in [0.05, 0.1) is 7.11 Å². The third kappa shape index (κ3) is 3.88. The molecule has 0 fully saturated rings. The molecule has 3 aromatic rings. The number of rotatable bonds is 5. The van der Waals surface area contributed by atoms with Crippen LogP contribution in [-0.4, -0.2) is 18.0 Å². The lowest BCUT2D eigenvalue weighted by Crippen LogP contribution is -2.23. The van der Waals surface area contributed by atoms with Crippen LogP contribution in [0.25, 0.3) is 11.5 Å². The minimum Gasteiger partial charge on any atom is -0.497 e. The van der Waals surface area contributed by atoms with E-state index in [0.717, 1.165) is 16.9 Å². The van der Waals surface area contributed by atoms with Crippen molar-refractivity contribution < 1.29 is 13.9 Å². The first-order valence-corrected chi connectivity index (χ1v) is 8.02. The number of benzene rings is 2. The number of methoxy groups -OCH3 is 1. The van der Waals surface area contributed by atoms with Crippen molar-refractivity contribution in [1.82, 2.24) is 10.3 Å². The van der Waals surface area contributed by atoms with Crippen molar-refractivity contribution >= 4 is 5.91 Å². The van der Waals surface area contributed by atoms with Crippen LogP contribution in [0.4, 0.5) is 0 Å². The first-order chi connectivity index (χ1) is 12.1. The Kier molecular flexibility index (Phi) is 4.84. The number of ether oxygens (including phenoxy) is 1. The van der Waals surface area contributed by atoms with E-state index in [1.807, 2.05) is 55.5 Å². The fourth-order valence-corrected chi connectivity index (χ4v) is 2.44. The summed E-state index contributed by atoms with van der Waals surface area (Å²) in [6.45, 7) is 4.21. The van der Waals surface area contributed by atoms with E-state index in [0.29, 0.717) is 23.9 Å². The van der Waals surface area contributed by atoms with Gasteiger partial charge in [0.15, 0.2) is 5.69 Å². The molecular weight excluding hydrogens is 316 g/mol. The van der Waals surface area contributed by atoms with Crippen LogP contribution in [0.3, 0.4) is 0 Å². The summed E-state index contributed by atoms with van der Waals surface area (Å²) in [6, 6.07) is 15.4. The van der Waals surface area contributed by atoms with E-state index in [4.69, 9.17) is 9.15 Å². The number of hydrogen-bond donors (Lipinski definition) is 1. The number of nitrogens with zero attached hydrogens (tertiary/aromatic N) is 1. The van der Waals surface area contributed by atoms with Crippen molar-refractivity contribution in [2.45, 2.75) is 20.4 Å². The van der Waals surface area contributed by atoms with Crippen molar-refractivity contribution in [1.29, 1.82) is 0 Å². The van der Waals surface area contributed by atoms with Crippen LogP contribution < -0.4 is 10.1 Å². The van der Waals surface area contributed by atoms with Gasteiger partial charge >= 0.3 is 0 Å². The van der Waals surface area contributed by atoms with Crippen LogP contribution in [0.15, 0.2) is 52.9 Å². The van der Waals surface area contributed by atoms with Gasteiger partial charge < -0.3 is 14.5 Å². The maximum absolute atomic E-state index is 12.4. The second-order valence-electron chi connectivity index (χ2n) is 5.82. The van der Waals surface area contributed by atoms with E-state index in [1.54, 1.807) is 14.0 Å². The number of aryl methyl sites for hydroxylation is 2. The summed E-state index contributed by atoms with van der Waals surface area (Å²) in [5.41, 5.74) is 3.32. The van der Waals surface area contributed by atoms with Crippen molar-refractivity contribution in [2.24, 2.45) is 0 Å².